The highest BCUT2D eigenvalue weighted by Crippen LogP contribution is 2.42. The van der Waals surface area contributed by atoms with Crippen molar-refractivity contribution >= 4 is 34.5 Å². The molecular formula is C18H14Cl2OS. The van der Waals surface area contributed by atoms with E-state index in [1.165, 1.54) is 0 Å². The van der Waals surface area contributed by atoms with E-state index in [1.54, 1.807) is 18.4 Å². The third kappa shape index (κ3) is 2.68. The highest BCUT2D eigenvalue weighted by molar-refractivity contribution is 7.10. The van der Waals surface area contributed by atoms with Crippen LogP contribution in [0, 0.1) is 0 Å². The number of rotatable bonds is 4. The van der Waals surface area contributed by atoms with E-state index in [0.29, 0.717) is 10.0 Å². The minimum atomic E-state index is -0.663. The zero-order valence-electron chi connectivity index (χ0n) is 11.9. The number of thiophene rings is 1. The minimum absolute atomic E-state index is 0.663. The summed E-state index contributed by atoms with van der Waals surface area (Å²) in [6, 6.07) is 19.6. The van der Waals surface area contributed by atoms with Gasteiger partial charge in [0.05, 0.1) is 0 Å². The smallest absolute Gasteiger partial charge is 0.152 e. The molecule has 3 rings (SSSR count). The first-order chi connectivity index (χ1) is 10.7. The Hall–Kier alpha value is -1.32. The second kappa shape index (κ2) is 6.43. The van der Waals surface area contributed by atoms with Crippen molar-refractivity contribution in [2.24, 2.45) is 0 Å². The van der Waals surface area contributed by atoms with Gasteiger partial charge in [-0.3, -0.25) is 0 Å². The molecule has 0 atom stereocenters. The predicted molar refractivity (Wildman–Crippen MR) is 94.1 cm³/mol. The average Bonchev–Trinajstić information content (AvgIpc) is 3.07. The molecule has 0 radical (unpaired) electrons. The molecule has 0 aliphatic carbocycles. The summed E-state index contributed by atoms with van der Waals surface area (Å²) in [5.41, 5.74) is 1.40. The van der Waals surface area contributed by atoms with E-state index >= 15 is 0 Å². The lowest BCUT2D eigenvalue weighted by Gasteiger charge is -2.33. The van der Waals surface area contributed by atoms with Crippen molar-refractivity contribution in [3.8, 4) is 0 Å². The van der Waals surface area contributed by atoms with Gasteiger partial charge in [0.15, 0.2) is 5.60 Å². The molecule has 0 saturated carbocycles. The molecule has 0 spiro atoms. The van der Waals surface area contributed by atoms with Crippen LogP contribution in [0.3, 0.4) is 0 Å². The quantitative estimate of drug-likeness (QED) is 0.562. The van der Waals surface area contributed by atoms with Gasteiger partial charge in [0.2, 0.25) is 0 Å². The molecule has 2 aromatic carbocycles. The molecule has 0 fully saturated rings. The number of halogens is 2. The Kier molecular flexibility index (Phi) is 4.55. The monoisotopic (exact) mass is 348 g/mol. The molecule has 0 aliphatic heterocycles. The third-order valence-electron chi connectivity index (χ3n) is 3.68. The molecule has 4 heteroatoms. The van der Waals surface area contributed by atoms with Gasteiger partial charge < -0.3 is 4.74 Å². The summed E-state index contributed by atoms with van der Waals surface area (Å²) in [4.78, 5) is 1.11. The summed E-state index contributed by atoms with van der Waals surface area (Å²) >= 11 is 13.7. The van der Waals surface area contributed by atoms with Crippen LogP contribution in [0.2, 0.25) is 10.0 Å². The van der Waals surface area contributed by atoms with Crippen molar-refractivity contribution in [2.45, 2.75) is 5.60 Å². The van der Waals surface area contributed by atoms with Gasteiger partial charge in [-0.15, -0.1) is 11.3 Å². The fraction of sp³-hybridized carbons (Fsp3) is 0.111. The summed E-state index contributed by atoms with van der Waals surface area (Å²) < 4.78 is 6.06. The van der Waals surface area contributed by atoms with Crippen molar-refractivity contribution in [3.05, 3.63) is 92.1 Å². The van der Waals surface area contributed by atoms with E-state index in [1.807, 2.05) is 54.6 Å². The van der Waals surface area contributed by atoms with Crippen LogP contribution < -0.4 is 0 Å². The normalized spacial score (nSPS) is 11.6. The molecular weight excluding hydrogens is 335 g/mol. The first-order valence-electron chi connectivity index (χ1n) is 6.78. The third-order valence-corrected chi connectivity index (χ3v) is 5.15. The van der Waals surface area contributed by atoms with Gasteiger partial charge in [0.1, 0.15) is 0 Å². The fourth-order valence-electron chi connectivity index (χ4n) is 2.64. The second-order valence-electron chi connectivity index (χ2n) is 4.88. The Balaban J connectivity index is 2.25. The molecule has 0 amide bonds. The maximum absolute atomic E-state index is 6.06. The Bertz CT molecular complexity index is 688. The molecule has 3 aromatic rings. The van der Waals surface area contributed by atoms with Crippen molar-refractivity contribution in [2.75, 3.05) is 7.11 Å². The lowest BCUT2D eigenvalue weighted by molar-refractivity contribution is 0.0616. The van der Waals surface area contributed by atoms with Crippen LogP contribution in [0.5, 0.6) is 0 Å². The number of hydrogen-bond acceptors (Lipinski definition) is 2. The van der Waals surface area contributed by atoms with E-state index in [-0.39, 0.29) is 0 Å². The van der Waals surface area contributed by atoms with Gasteiger partial charge in [0, 0.05) is 22.0 Å². The predicted octanol–water partition coefficient (Wildman–Crippen LogP) is 5.99. The molecule has 1 nitrogen and oxygen atoms in total. The van der Waals surface area contributed by atoms with Crippen molar-refractivity contribution in [1.82, 2.24) is 0 Å². The van der Waals surface area contributed by atoms with E-state index in [9.17, 15) is 0 Å². The molecule has 1 heterocycles. The second-order valence-corrected chi connectivity index (χ2v) is 6.70. The first kappa shape index (κ1) is 15.6. The van der Waals surface area contributed by atoms with E-state index < -0.39 is 5.60 Å². The van der Waals surface area contributed by atoms with Gasteiger partial charge in [-0.25, -0.2) is 0 Å². The van der Waals surface area contributed by atoms with Gasteiger partial charge in [-0.1, -0.05) is 53.5 Å². The van der Waals surface area contributed by atoms with E-state index in [2.05, 4.69) is 11.4 Å². The van der Waals surface area contributed by atoms with Crippen molar-refractivity contribution in [1.29, 1.82) is 0 Å². The van der Waals surface area contributed by atoms with E-state index in [0.717, 1.165) is 16.0 Å². The molecule has 1 aromatic heterocycles. The highest BCUT2D eigenvalue weighted by Gasteiger charge is 2.37. The Morgan fingerprint density at radius 1 is 0.818 bits per heavy atom. The zero-order valence-corrected chi connectivity index (χ0v) is 14.3. The van der Waals surface area contributed by atoms with Gasteiger partial charge in [0.25, 0.3) is 0 Å². The van der Waals surface area contributed by atoms with Crippen molar-refractivity contribution < 1.29 is 4.74 Å². The maximum atomic E-state index is 6.06. The van der Waals surface area contributed by atoms with Crippen LogP contribution in [0.4, 0.5) is 0 Å². The average molecular weight is 349 g/mol. The van der Waals surface area contributed by atoms with Gasteiger partial charge in [-0.2, -0.15) is 0 Å². The summed E-state index contributed by atoms with van der Waals surface area (Å²) in [5.74, 6) is 0. The summed E-state index contributed by atoms with van der Waals surface area (Å²) in [6.07, 6.45) is 0. The lowest BCUT2D eigenvalue weighted by Crippen LogP contribution is -2.30. The van der Waals surface area contributed by atoms with Crippen LogP contribution in [0.15, 0.2) is 66.0 Å². The Labute approximate surface area is 144 Å². The van der Waals surface area contributed by atoms with Crippen LogP contribution in [-0.4, -0.2) is 7.11 Å². The Morgan fingerprint density at radius 3 is 1.68 bits per heavy atom. The van der Waals surface area contributed by atoms with Crippen molar-refractivity contribution in [3.63, 3.8) is 0 Å². The molecule has 0 bridgehead atoms. The fourth-order valence-corrected chi connectivity index (χ4v) is 3.83. The standard InChI is InChI=1S/C18H14Cl2OS/c1-21-18(17-3-2-12-22-17,13-4-8-15(19)9-5-13)14-6-10-16(20)11-7-14/h2-12H,1H3. The lowest BCUT2D eigenvalue weighted by atomic mass is 9.84. The van der Waals surface area contributed by atoms with Crippen LogP contribution in [0.1, 0.15) is 16.0 Å². The number of benzene rings is 2. The molecule has 22 heavy (non-hydrogen) atoms. The highest BCUT2D eigenvalue weighted by atomic mass is 35.5. The number of ether oxygens (including phenoxy) is 1. The minimum Gasteiger partial charge on any atom is -0.363 e. The van der Waals surface area contributed by atoms with E-state index in [4.69, 9.17) is 27.9 Å². The largest absolute Gasteiger partial charge is 0.363 e. The molecule has 0 aliphatic rings. The summed E-state index contributed by atoms with van der Waals surface area (Å²) in [6.45, 7) is 0. The first-order valence-corrected chi connectivity index (χ1v) is 8.41. The maximum Gasteiger partial charge on any atom is 0.152 e. The number of hydrogen-bond donors (Lipinski definition) is 0. The van der Waals surface area contributed by atoms with Crippen LogP contribution in [0.25, 0.3) is 0 Å². The van der Waals surface area contributed by atoms with Gasteiger partial charge >= 0.3 is 0 Å². The molecule has 112 valence electrons. The SMILES string of the molecule is COC(c1ccc(Cl)cc1)(c1ccc(Cl)cc1)c1cccs1. The number of methoxy groups -OCH3 is 1. The van der Waals surface area contributed by atoms with Crippen LogP contribution >= 0.6 is 34.5 Å². The van der Waals surface area contributed by atoms with Crippen LogP contribution in [-0.2, 0) is 10.3 Å². The Morgan fingerprint density at radius 2 is 1.32 bits per heavy atom. The topological polar surface area (TPSA) is 9.23 Å². The molecule has 0 unspecified atom stereocenters. The zero-order chi connectivity index (χ0) is 15.6. The summed E-state index contributed by atoms with van der Waals surface area (Å²) in [7, 11) is 1.73. The summed E-state index contributed by atoms with van der Waals surface area (Å²) in [5, 5.41) is 3.46. The molecule has 0 N–H and O–H groups in total. The molecule has 0 saturated heterocycles. The van der Waals surface area contributed by atoms with Gasteiger partial charge in [-0.05, 0) is 46.8 Å².